The summed E-state index contributed by atoms with van der Waals surface area (Å²) in [5.41, 5.74) is 0.849. The lowest BCUT2D eigenvalue weighted by Crippen LogP contribution is -2.09. The van der Waals surface area contributed by atoms with E-state index in [-0.39, 0.29) is 19.5 Å². The van der Waals surface area contributed by atoms with Crippen molar-refractivity contribution in [3.63, 3.8) is 0 Å². The van der Waals surface area contributed by atoms with Gasteiger partial charge in [0.05, 0.1) is 0 Å². The summed E-state index contributed by atoms with van der Waals surface area (Å²) in [6.07, 6.45) is 3.43. The first-order valence-electron chi connectivity index (χ1n) is 3.17. The molecule has 4 radical (unpaired) electrons. The van der Waals surface area contributed by atoms with Crippen molar-refractivity contribution in [2.75, 3.05) is 0 Å². The van der Waals surface area contributed by atoms with E-state index in [1.807, 2.05) is 0 Å². The van der Waals surface area contributed by atoms with Crippen LogP contribution in [0.4, 0.5) is 0 Å². The fourth-order valence-corrected chi connectivity index (χ4v) is 3.08. The van der Waals surface area contributed by atoms with E-state index in [9.17, 15) is 0 Å². The Balaban J connectivity index is 2.32. The predicted molar refractivity (Wildman–Crippen MR) is 37.3 cm³/mol. The summed E-state index contributed by atoms with van der Waals surface area (Å²) < 4.78 is 0. The Morgan fingerprint density at radius 1 is 1.00 bits per heavy atom. The van der Waals surface area contributed by atoms with E-state index in [4.69, 9.17) is 9.59 Å². The fraction of sp³-hybridized carbons (Fsp3) is 1.00. The van der Waals surface area contributed by atoms with Crippen LogP contribution in [0.3, 0.4) is 0 Å². The highest BCUT2D eigenvalue weighted by atomic mass is 28.2. The summed E-state index contributed by atoms with van der Waals surface area (Å²) in [5.74, 6) is 0. The Hall–Kier alpha value is 0.354. The molecule has 1 saturated carbocycles. The summed E-state index contributed by atoms with van der Waals surface area (Å²) in [5, 5.41) is 0. The second-order valence-corrected chi connectivity index (χ2v) is 4.40. The number of rotatable bonds is 2. The first-order chi connectivity index (χ1) is 4.38. The smallest absolute Gasteiger partial charge is 0.227 e. The van der Waals surface area contributed by atoms with E-state index in [2.05, 4.69) is 0 Å². The van der Waals surface area contributed by atoms with Crippen LogP contribution >= 0.6 is 0 Å². The molecule has 0 aromatic heterocycles. The zero-order valence-electron chi connectivity index (χ0n) is 5.17. The second kappa shape index (κ2) is 3.50. The van der Waals surface area contributed by atoms with Gasteiger partial charge in [-0.3, -0.25) is 0 Å². The quantitative estimate of drug-likeness (QED) is 0.554. The summed E-state index contributed by atoms with van der Waals surface area (Å²) >= 11 is 0. The third-order valence-corrected chi connectivity index (χ3v) is 4.23. The van der Waals surface area contributed by atoms with Crippen LogP contribution in [0.2, 0.25) is 11.1 Å². The molecule has 2 N–H and O–H groups in total. The minimum Gasteiger partial charge on any atom is -0.431 e. The molecule has 50 valence electrons. The molecule has 0 spiro atoms. The highest BCUT2D eigenvalue weighted by Gasteiger charge is 2.27. The van der Waals surface area contributed by atoms with E-state index in [1.165, 1.54) is 6.42 Å². The van der Waals surface area contributed by atoms with Crippen molar-refractivity contribution < 1.29 is 9.59 Å². The molecule has 0 aliphatic heterocycles. The van der Waals surface area contributed by atoms with Crippen molar-refractivity contribution in [1.82, 2.24) is 0 Å². The predicted octanol–water partition coefficient (Wildman–Crippen LogP) is -0.0297. The molecule has 4 heteroatoms. The van der Waals surface area contributed by atoms with Gasteiger partial charge in [0, 0.05) is 0 Å². The molecule has 1 aliphatic carbocycles. The van der Waals surface area contributed by atoms with Gasteiger partial charge in [-0.25, -0.2) is 0 Å². The van der Waals surface area contributed by atoms with Crippen LogP contribution in [-0.4, -0.2) is 29.1 Å². The fourth-order valence-electron chi connectivity index (χ4n) is 1.27. The Kier molecular flexibility index (Phi) is 2.91. The van der Waals surface area contributed by atoms with Gasteiger partial charge in [-0.1, -0.05) is 19.3 Å². The molecule has 2 atom stereocenters. The first kappa shape index (κ1) is 7.46. The van der Waals surface area contributed by atoms with Gasteiger partial charge in [0.25, 0.3) is 0 Å². The topological polar surface area (TPSA) is 40.5 Å². The molecular weight excluding hydrogens is 148 g/mol. The molecule has 0 aromatic rings. The molecule has 9 heavy (non-hydrogen) atoms. The maximum Gasteiger partial charge on any atom is 0.227 e. The largest absolute Gasteiger partial charge is 0.431 e. The minimum absolute atomic E-state index is 0.0455. The minimum atomic E-state index is 0.0455. The van der Waals surface area contributed by atoms with E-state index >= 15 is 0 Å². The van der Waals surface area contributed by atoms with Crippen molar-refractivity contribution in [3.8, 4) is 0 Å². The van der Waals surface area contributed by atoms with Crippen LogP contribution < -0.4 is 0 Å². The van der Waals surface area contributed by atoms with Gasteiger partial charge >= 0.3 is 0 Å². The molecular formula is C5H10O2Si2. The molecule has 1 fully saturated rings. The highest BCUT2D eigenvalue weighted by molar-refractivity contribution is 6.36. The summed E-state index contributed by atoms with van der Waals surface area (Å²) in [4.78, 5) is 17.6. The van der Waals surface area contributed by atoms with Crippen molar-refractivity contribution >= 4 is 19.5 Å². The average Bonchev–Trinajstić information content (AvgIpc) is 2.33. The van der Waals surface area contributed by atoms with Crippen LogP contribution in [0.5, 0.6) is 0 Å². The van der Waals surface area contributed by atoms with Crippen molar-refractivity contribution in [2.45, 2.75) is 30.3 Å². The molecule has 1 aliphatic rings. The maximum atomic E-state index is 8.79. The lowest BCUT2D eigenvalue weighted by atomic mass is 10.4. The van der Waals surface area contributed by atoms with Gasteiger partial charge in [-0.2, -0.15) is 0 Å². The Morgan fingerprint density at radius 3 is 1.78 bits per heavy atom. The summed E-state index contributed by atoms with van der Waals surface area (Å²) in [6.45, 7) is 0. The van der Waals surface area contributed by atoms with Crippen LogP contribution in [0.15, 0.2) is 0 Å². The summed E-state index contributed by atoms with van der Waals surface area (Å²) in [7, 11) is 0.0910. The lowest BCUT2D eigenvalue weighted by Gasteiger charge is -2.09. The molecule has 0 saturated heterocycles. The monoisotopic (exact) mass is 158 g/mol. The van der Waals surface area contributed by atoms with Crippen molar-refractivity contribution in [2.24, 2.45) is 0 Å². The second-order valence-electron chi connectivity index (χ2n) is 2.40. The summed E-state index contributed by atoms with van der Waals surface area (Å²) in [6, 6.07) is 0. The third-order valence-electron chi connectivity index (χ3n) is 1.85. The van der Waals surface area contributed by atoms with Gasteiger partial charge < -0.3 is 9.59 Å². The Bertz CT molecular complexity index is 79.0. The molecule has 2 nitrogen and oxygen atoms in total. The SMILES string of the molecule is O[Si]C1CCCC1[Si]O. The van der Waals surface area contributed by atoms with Crippen LogP contribution in [0, 0.1) is 0 Å². The van der Waals surface area contributed by atoms with Crippen molar-refractivity contribution in [1.29, 1.82) is 0 Å². The van der Waals surface area contributed by atoms with E-state index in [0.717, 1.165) is 12.8 Å². The zero-order valence-corrected chi connectivity index (χ0v) is 7.17. The molecule has 0 heterocycles. The van der Waals surface area contributed by atoms with Crippen LogP contribution in [0.1, 0.15) is 19.3 Å². The standard InChI is InChI=1S/C5H10O2Si2/c6-8-4-2-1-3-5(4)9-7/h4-7H,1-3H2. The molecule has 0 amide bonds. The molecule has 2 unspecified atom stereocenters. The number of hydrogen-bond donors (Lipinski definition) is 2. The Labute approximate surface area is 60.2 Å². The van der Waals surface area contributed by atoms with Gasteiger partial charge in [0.1, 0.15) is 0 Å². The average molecular weight is 158 g/mol. The van der Waals surface area contributed by atoms with Gasteiger partial charge in [0.2, 0.25) is 19.5 Å². The van der Waals surface area contributed by atoms with Gasteiger partial charge in [-0.05, 0) is 11.1 Å². The van der Waals surface area contributed by atoms with Crippen LogP contribution in [0.25, 0.3) is 0 Å². The van der Waals surface area contributed by atoms with E-state index < -0.39 is 0 Å². The van der Waals surface area contributed by atoms with E-state index in [1.54, 1.807) is 0 Å². The van der Waals surface area contributed by atoms with E-state index in [0.29, 0.717) is 11.1 Å². The number of hydrogen-bond acceptors (Lipinski definition) is 2. The normalized spacial score (nSPS) is 35.3. The molecule has 0 bridgehead atoms. The molecule has 1 rings (SSSR count). The third kappa shape index (κ3) is 1.64. The van der Waals surface area contributed by atoms with Crippen molar-refractivity contribution in [3.05, 3.63) is 0 Å². The highest BCUT2D eigenvalue weighted by Crippen LogP contribution is 2.38. The van der Waals surface area contributed by atoms with Gasteiger partial charge in [0.15, 0.2) is 0 Å². The Morgan fingerprint density at radius 2 is 1.44 bits per heavy atom. The first-order valence-corrected chi connectivity index (χ1v) is 5.22. The zero-order chi connectivity index (χ0) is 6.69. The maximum absolute atomic E-state index is 8.79. The lowest BCUT2D eigenvalue weighted by molar-refractivity contribution is 0.548. The van der Waals surface area contributed by atoms with Gasteiger partial charge in [-0.15, -0.1) is 0 Å². The molecule has 0 aromatic carbocycles. The van der Waals surface area contributed by atoms with Crippen LogP contribution in [-0.2, 0) is 0 Å².